The van der Waals surface area contributed by atoms with Gasteiger partial charge >= 0.3 is 5.97 Å². The number of rotatable bonds is 4. The third kappa shape index (κ3) is 3.12. The van der Waals surface area contributed by atoms with Gasteiger partial charge in [-0.15, -0.1) is 0 Å². The molecule has 6 heteroatoms. The first-order valence-electron chi connectivity index (χ1n) is 4.89. The largest absolute Gasteiger partial charge is 0.481 e. The highest BCUT2D eigenvalue weighted by Gasteiger charge is 2.18. The SMILES string of the molecule is COC(=O)Cc1cc(OC)nc(C(F)F)c1C. The van der Waals surface area contributed by atoms with Crippen molar-refractivity contribution in [3.63, 3.8) is 0 Å². The van der Waals surface area contributed by atoms with Crippen LogP contribution in [0.2, 0.25) is 0 Å². The lowest BCUT2D eigenvalue weighted by Crippen LogP contribution is -2.09. The Balaban J connectivity index is 3.19. The second-order valence-electron chi connectivity index (χ2n) is 3.39. The van der Waals surface area contributed by atoms with Crippen molar-refractivity contribution in [3.05, 3.63) is 22.9 Å². The summed E-state index contributed by atoms with van der Waals surface area (Å²) in [6.07, 6.45) is -2.79. The Morgan fingerprint density at radius 2 is 2.12 bits per heavy atom. The molecule has 1 aromatic rings. The molecule has 1 heterocycles. The molecule has 0 aliphatic heterocycles. The number of nitrogens with zero attached hydrogens (tertiary/aromatic N) is 1. The van der Waals surface area contributed by atoms with E-state index in [1.165, 1.54) is 27.2 Å². The van der Waals surface area contributed by atoms with E-state index < -0.39 is 12.4 Å². The summed E-state index contributed by atoms with van der Waals surface area (Å²) in [7, 11) is 2.57. The van der Waals surface area contributed by atoms with Gasteiger partial charge in [-0.25, -0.2) is 13.8 Å². The van der Waals surface area contributed by atoms with Crippen LogP contribution >= 0.6 is 0 Å². The zero-order valence-electron chi connectivity index (χ0n) is 9.79. The summed E-state index contributed by atoms with van der Waals surface area (Å²) in [4.78, 5) is 14.8. The van der Waals surface area contributed by atoms with Crippen molar-refractivity contribution in [2.45, 2.75) is 19.8 Å². The topological polar surface area (TPSA) is 48.4 Å². The fourth-order valence-electron chi connectivity index (χ4n) is 1.38. The minimum absolute atomic E-state index is 0.0600. The third-order valence-electron chi connectivity index (χ3n) is 2.37. The summed E-state index contributed by atoms with van der Waals surface area (Å²) in [5, 5.41) is 0. The van der Waals surface area contributed by atoms with Crippen LogP contribution in [0.3, 0.4) is 0 Å². The molecule has 0 aliphatic carbocycles. The van der Waals surface area contributed by atoms with E-state index in [1.54, 1.807) is 0 Å². The number of carbonyl (C=O) groups excluding carboxylic acids is 1. The van der Waals surface area contributed by atoms with Crippen LogP contribution in [0.1, 0.15) is 23.2 Å². The van der Waals surface area contributed by atoms with Gasteiger partial charge in [0.05, 0.1) is 20.6 Å². The van der Waals surface area contributed by atoms with Crippen molar-refractivity contribution in [2.24, 2.45) is 0 Å². The van der Waals surface area contributed by atoms with Gasteiger partial charge in [0.2, 0.25) is 5.88 Å². The van der Waals surface area contributed by atoms with E-state index in [-0.39, 0.29) is 23.6 Å². The minimum atomic E-state index is -2.71. The number of pyridine rings is 1. The number of alkyl halides is 2. The number of methoxy groups -OCH3 is 2. The van der Waals surface area contributed by atoms with Crippen LogP contribution < -0.4 is 4.74 Å². The molecule has 0 radical (unpaired) electrons. The minimum Gasteiger partial charge on any atom is -0.481 e. The van der Waals surface area contributed by atoms with Crippen molar-refractivity contribution in [1.82, 2.24) is 4.98 Å². The van der Waals surface area contributed by atoms with Crippen molar-refractivity contribution >= 4 is 5.97 Å². The number of esters is 1. The lowest BCUT2D eigenvalue weighted by atomic mass is 10.0. The summed E-state index contributed by atoms with van der Waals surface area (Å²) in [5.41, 5.74) is 0.341. The number of hydrogen-bond acceptors (Lipinski definition) is 4. The maximum Gasteiger partial charge on any atom is 0.309 e. The fourth-order valence-corrected chi connectivity index (χ4v) is 1.38. The molecular formula is C11H13F2NO3. The van der Waals surface area contributed by atoms with Crippen molar-refractivity contribution in [1.29, 1.82) is 0 Å². The van der Waals surface area contributed by atoms with Crippen LogP contribution in [0, 0.1) is 6.92 Å². The average molecular weight is 245 g/mol. The number of halogens is 2. The average Bonchev–Trinajstić information content (AvgIpc) is 2.31. The Morgan fingerprint density at radius 3 is 2.59 bits per heavy atom. The summed E-state index contributed by atoms with van der Waals surface area (Å²) < 4.78 is 34.7. The lowest BCUT2D eigenvalue weighted by molar-refractivity contribution is -0.139. The molecule has 1 aromatic heterocycles. The van der Waals surface area contributed by atoms with Crippen LogP contribution in [0.25, 0.3) is 0 Å². The smallest absolute Gasteiger partial charge is 0.309 e. The van der Waals surface area contributed by atoms with Gasteiger partial charge in [0.25, 0.3) is 6.43 Å². The molecule has 0 bridgehead atoms. The van der Waals surface area contributed by atoms with Gasteiger partial charge in [-0.1, -0.05) is 0 Å². The molecule has 0 spiro atoms. The highest BCUT2D eigenvalue weighted by atomic mass is 19.3. The van der Waals surface area contributed by atoms with E-state index in [1.807, 2.05) is 0 Å². The second kappa shape index (κ2) is 5.56. The molecule has 0 saturated heterocycles. The predicted molar refractivity (Wildman–Crippen MR) is 56.2 cm³/mol. The van der Waals surface area contributed by atoms with Crippen LogP contribution in [0.5, 0.6) is 5.88 Å². The maximum absolute atomic E-state index is 12.7. The lowest BCUT2D eigenvalue weighted by Gasteiger charge is -2.11. The molecule has 4 nitrogen and oxygen atoms in total. The van der Waals surface area contributed by atoms with Crippen LogP contribution in [-0.2, 0) is 16.0 Å². The molecule has 0 aromatic carbocycles. The van der Waals surface area contributed by atoms with Crippen LogP contribution in [0.15, 0.2) is 6.07 Å². The Morgan fingerprint density at radius 1 is 1.47 bits per heavy atom. The van der Waals surface area contributed by atoms with E-state index in [4.69, 9.17) is 4.74 Å². The number of hydrogen-bond donors (Lipinski definition) is 0. The molecule has 0 amide bonds. The van der Waals surface area contributed by atoms with Crippen molar-refractivity contribution in [3.8, 4) is 5.88 Å². The summed E-state index contributed by atoms with van der Waals surface area (Å²) in [6.45, 7) is 1.49. The first-order chi connectivity index (χ1) is 7.99. The second-order valence-corrected chi connectivity index (χ2v) is 3.39. The van der Waals surface area contributed by atoms with Crippen molar-refractivity contribution < 1.29 is 23.0 Å². The van der Waals surface area contributed by atoms with Gasteiger partial charge in [-0.05, 0) is 18.1 Å². The molecule has 0 atom stereocenters. The maximum atomic E-state index is 12.7. The number of aromatic nitrogens is 1. The summed E-state index contributed by atoms with van der Waals surface area (Å²) in [6, 6.07) is 1.46. The Bertz CT molecular complexity index is 421. The Labute approximate surface area is 97.6 Å². The fraction of sp³-hybridized carbons (Fsp3) is 0.455. The highest BCUT2D eigenvalue weighted by Crippen LogP contribution is 2.26. The zero-order chi connectivity index (χ0) is 13.0. The number of ether oxygens (including phenoxy) is 2. The molecule has 0 unspecified atom stereocenters. The van der Waals surface area contributed by atoms with E-state index in [2.05, 4.69) is 9.72 Å². The molecule has 0 fully saturated rings. The normalized spacial score (nSPS) is 10.5. The zero-order valence-corrected chi connectivity index (χ0v) is 9.79. The monoisotopic (exact) mass is 245 g/mol. The van der Waals surface area contributed by atoms with Gasteiger partial charge in [-0.3, -0.25) is 4.79 Å². The molecule has 17 heavy (non-hydrogen) atoms. The Hall–Kier alpha value is -1.72. The molecule has 0 aliphatic rings. The molecule has 0 N–H and O–H groups in total. The first kappa shape index (κ1) is 13.3. The van der Waals surface area contributed by atoms with Crippen LogP contribution in [-0.4, -0.2) is 25.2 Å². The van der Waals surface area contributed by atoms with E-state index in [0.29, 0.717) is 5.56 Å². The van der Waals surface area contributed by atoms with Gasteiger partial charge in [0, 0.05) is 6.07 Å². The molecular weight excluding hydrogens is 232 g/mol. The third-order valence-corrected chi connectivity index (χ3v) is 2.37. The molecule has 1 rings (SSSR count). The quantitative estimate of drug-likeness (QED) is 0.762. The standard InChI is InChI=1S/C11H13F2NO3/c1-6-7(5-9(15)17-3)4-8(16-2)14-10(6)11(12)13/h4,11H,5H2,1-3H3. The highest BCUT2D eigenvalue weighted by molar-refractivity contribution is 5.73. The van der Waals surface area contributed by atoms with Gasteiger partial charge in [0.15, 0.2) is 0 Å². The van der Waals surface area contributed by atoms with Crippen LogP contribution in [0.4, 0.5) is 8.78 Å². The summed E-state index contributed by atoms with van der Waals surface area (Å²) >= 11 is 0. The van der Waals surface area contributed by atoms with Crippen molar-refractivity contribution in [2.75, 3.05) is 14.2 Å². The first-order valence-corrected chi connectivity index (χ1v) is 4.89. The van der Waals surface area contributed by atoms with E-state index in [9.17, 15) is 13.6 Å². The van der Waals surface area contributed by atoms with Gasteiger partial charge < -0.3 is 9.47 Å². The summed E-state index contributed by atoms with van der Waals surface area (Å²) in [5.74, 6) is -0.439. The predicted octanol–water partition coefficient (Wildman–Crippen LogP) is 2.05. The van der Waals surface area contributed by atoms with E-state index in [0.717, 1.165) is 0 Å². The van der Waals surface area contributed by atoms with E-state index >= 15 is 0 Å². The van der Waals surface area contributed by atoms with Gasteiger partial charge in [0.1, 0.15) is 5.69 Å². The number of carbonyl (C=O) groups is 1. The van der Waals surface area contributed by atoms with Gasteiger partial charge in [-0.2, -0.15) is 0 Å². The Kier molecular flexibility index (Phi) is 4.37. The molecule has 0 saturated carbocycles. The molecule has 94 valence electrons.